The molecule has 21 heavy (non-hydrogen) atoms. The summed E-state index contributed by atoms with van der Waals surface area (Å²) in [6.07, 6.45) is 3.70. The van der Waals surface area contributed by atoms with E-state index in [1.54, 1.807) is 0 Å². The first-order valence-corrected chi connectivity index (χ1v) is 8.44. The van der Waals surface area contributed by atoms with Crippen LogP contribution >= 0.6 is 35.0 Å². The van der Waals surface area contributed by atoms with Gasteiger partial charge in [-0.25, -0.2) is 0 Å². The third-order valence-electron chi connectivity index (χ3n) is 3.19. The lowest BCUT2D eigenvalue weighted by Gasteiger charge is -2.13. The van der Waals surface area contributed by atoms with E-state index in [0.717, 1.165) is 25.8 Å². The number of nitrogens with one attached hydrogen (secondary N) is 2. The molecule has 1 amide bonds. The summed E-state index contributed by atoms with van der Waals surface area (Å²) in [5, 5.41) is 6.25. The first kappa shape index (κ1) is 20.7. The van der Waals surface area contributed by atoms with Crippen LogP contribution in [0, 0.1) is 3.57 Å². The minimum Gasteiger partial charge on any atom is -0.355 e. The molecule has 0 heterocycles. The molecular formula is C16H26ClIN2O. The number of halogens is 2. The first-order chi connectivity index (χ1) is 9.61. The van der Waals surface area contributed by atoms with Crippen molar-refractivity contribution in [3.8, 4) is 0 Å². The molecule has 0 aliphatic carbocycles. The second-order valence-corrected chi connectivity index (χ2v) is 6.34. The maximum absolute atomic E-state index is 11.7. The van der Waals surface area contributed by atoms with Crippen LogP contribution in [0.1, 0.15) is 38.7 Å². The Morgan fingerprint density at radius 3 is 2.52 bits per heavy atom. The molecule has 0 aromatic heterocycles. The SMILES string of the molecule is CCN[C@H](C)CNC(=O)CCCCc1ccc(I)cc1.Cl. The minimum atomic E-state index is 0. The number of hydrogen-bond acceptors (Lipinski definition) is 2. The Morgan fingerprint density at radius 1 is 1.24 bits per heavy atom. The summed E-state index contributed by atoms with van der Waals surface area (Å²) in [7, 11) is 0. The van der Waals surface area contributed by atoms with Crippen LogP contribution in [0.2, 0.25) is 0 Å². The van der Waals surface area contributed by atoms with Gasteiger partial charge in [0.05, 0.1) is 0 Å². The highest BCUT2D eigenvalue weighted by molar-refractivity contribution is 14.1. The van der Waals surface area contributed by atoms with Gasteiger partial charge in [-0.15, -0.1) is 12.4 Å². The zero-order valence-corrected chi connectivity index (χ0v) is 15.8. The molecule has 3 nitrogen and oxygen atoms in total. The number of rotatable bonds is 9. The fourth-order valence-electron chi connectivity index (χ4n) is 2.04. The van der Waals surface area contributed by atoms with Crippen LogP contribution in [0.4, 0.5) is 0 Å². The van der Waals surface area contributed by atoms with Crippen molar-refractivity contribution < 1.29 is 4.79 Å². The predicted molar refractivity (Wildman–Crippen MR) is 100 cm³/mol. The van der Waals surface area contributed by atoms with Crippen LogP contribution in [-0.2, 0) is 11.2 Å². The van der Waals surface area contributed by atoms with Gasteiger partial charge in [-0.05, 0) is 73.0 Å². The fourth-order valence-corrected chi connectivity index (χ4v) is 2.40. The van der Waals surface area contributed by atoms with Gasteiger partial charge in [0.25, 0.3) is 0 Å². The van der Waals surface area contributed by atoms with E-state index in [1.807, 2.05) is 0 Å². The van der Waals surface area contributed by atoms with Crippen molar-refractivity contribution in [1.29, 1.82) is 0 Å². The van der Waals surface area contributed by atoms with Gasteiger partial charge in [0.1, 0.15) is 0 Å². The van der Waals surface area contributed by atoms with Crippen molar-refractivity contribution in [1.82, 2.24) is 10.6 Å². The lowest BCUT2D eigenvalue weighted by atomic mass is 10.1. The smallest absolute Gasteiger partial charge is 0.220 e. The number of unbranched alkanes of at least 4 members (excludes halogenated alkanes) is 1. The van der Waals surface area contributed by atoms with Gasteiger partial charge in [-0.1, -0.05) is 19.1 Å². The quantitative estimate of drug-likeness (QED) is 0.470. The number of likely N-dealkylation sites (N-methyl/N-ethyl adjacent to an activating group) is 1. The molecule has 2 N–H and O–H groups in total. The summed E-state index contributed by atoms with van der Waals surface area (Å²) in [6.45, 7) is 5.81. The Bertz CT molecular complexity index is 398. The topological polar surface area (TPSA) is 41.1 Å². The van der Waals surface area contributed by atoms with Crippen LogP contribution < -0.4 is 10.6 Å². The van der Waals surface area contributed by atoms with Crippen LogP contribution in [0.15, 0.2) is 24.3 Å². The van der Waals surface area contributed by atoms with E-state index in [2.05, 4.69) is 71.3 Å². The molecule has 1 atom stereocenters. The Hall–Kier alpha value is -0.330. The van der Waals surface area contributed by atoms with Gasteiger partial charge in [-0.3, -0.25) is 4.79 Å². The first-order valence-electron chi connectivity index (χ1n) is 7.36. The van der Waals surface area contributed by atoms with Crippen molar-refractivity contribution in [2.24, 2.45) is 0 Å². The molecule has 0 unspecified atom stereocenters. The molecule has 0 bridgehead atoms. The van der Waals surface area contributed by atoms with E-state index in [0.29, 0.717) is 19.0 Å². The van der Waals surface area contributed by atoms with Crippen molar-refractivity contribution >= 4 is 40.9 Å². The molecule has 0 saturated heterocycles. The number of aryl methyl sites for hydroxylation is 1. The van der Waals surface area contributed by atoms with Gasteiger partial charge < -0.3 is 10.6 Å². The van der Waals surface area contributed by atoms with Gasteiger partial charge in [0.15, 0.2) is 0 Å². The van der Waals surface area contributed by atoms with Crippen LogP contribution in [0.25, 0.3) is 0 Å². The molecule has 0 radical (unpaired) electrons. The predicted octanol–water partition coefficient (Wildman–Crippen LogP) is 3.54. The Labute approximate surface area is 148 Å². The molecule has 0 spiro atoms. The zero-order valence-electron chi connectivity index (χ0n) is 12.8. The molecule has 1 aromatic carbocycles. The Balaban J connectivity index is 0.00000400. The van der Waals surface area contributed by atoms with E-state index in [4.69, 9.17) is 0 Å². The van der Waals surface area contributed by atoms with E-state index >= 15 is 0 Å². The summed E-state index contributed by atoms with van der Waals surface area (Å²) >= 11 is 2.31. The highest BCUT2D eigenvalue weighted by Gasteiger charge is 2.04. The molecule has 1 rings (SSSR count). The number of benzene rings is 1. The standard InChI is InChI=1S/C16H25IN2O.ClH/c1-3-18-13(2)12-19-16(20)7-5-4-6-14-8-10-15(17)11-9-14;/h8-11,13,18H,3-7,12H2,1-2H3,(H,19,20);1H/t13-;/m1./s1. The largest absolute Gasteiger partial charge is 0.355 e. The average molecular weight is 425 g/mol. The van der Waals surface area contributed by atoms with Crippen LogP contribution in [0.5, 0.6) is 0 Å². The van der Waals surface area contributed by atoms with Crippen LogP contribution in [-0.4, -0.2) is 25.0 Å². The molecule has 0 fully saturated rings. The van der Waals surface area contributed by atoms with Gasteiger partial charge >= 0.3 is 0 Å². The molecule has 0 saturated carbocycles. The number of amides is 1. The second-order valence-electron chi connectivity index (χ2n) is 5.10. The summed E-state index contributed by atoms with van der Waals surface area (Å²) in [5.41, 5.74) is 1.35. The van der Waals surface area contributed by atoms with Crippen molar-refractivity contribution in [2.45, 2.75) is 45.6 Å². The number of hydrogen-bond donors (Lipinski definition) is 2. The maximum atomic E-state index is 11.7. The van der Waals surface area contributed by atoms with Crippen molar-refractivity contribution in [3.63, 3.8) is 0 Å². The Kier molecular flexibility index (Phi) is 12.0. The van der Waals surface area contributed by atoms with Gasteiger partial charge in [0, 0.05) is 22.6 Å². The molecule has 120 valence electrons. The van der Waals surface area contributed by atoms with Crippen molar-refractivity contribution in [3.05, 3.63) is 33.4 Å². The fraction of sp³-hybridized carbons (Fsp3) is 0.562. The number of carbonyl (C=O) groups excluding carboxylic acids is 1. The summed E-state index contributed by atoms with van der Waals surface area (Å²) < 4.78 is 1.26. The molecular weight excluding hydrogens is 399 g/mol. The van der Waals surface area contributed by atoms with E-state index < -0.39 is 0 Å². The van der Waals surface area contributed by atoms with Crippen LogP contribution in [0.3, 0.4) is 0 Å². The minimum absolute atomic E-state index is 0. The summed E-state index contributed by atoms with van der Waals surface area (Å²) in [5.74, 6) is 0.164. The Morgan fingerprint density at radius 2 is 1.90 bits per heavy atom. The average Bonchev–Trinajstić information content (AvgIpc) is 2.43. The monoisotopic (exact) mass is 424 g/mol. The highest BCUT2D eigenvalue weighted by atomic mass is 127. The third kappa shape index (κ3) is 10.1. The molecule has 0 aliphatic heterocycles. The van der Waals surface area contributed by atoms with Gasteiger partial charge in [-0.2, -0.15) is 0 Å². The number of carbonyl (C=O) groups is 1. The third-order valence-corrected chi connectivity index (χ3v) is 3.91. The van der Waals surface area contributed by atoms with E-state index in [-0.39, 0.29) is 18.3 Å². The normalized spacial score (nSPS) is 11.6. The summed E-state index contributed by atoms with van der Waals surface area (Å²) in [6, 6.07) is 8.94. The lowest BCUT2D eigenvalue weighted by Crippen LogP contribution is -2.38. The van der Waals surface area contributed by atoms with E-state index in [1.165, 1.54) is 9.13 Å². The lowest BCUT2D eigenvalue weighted by molar-refractivity contribution is -0.121. The van der Waals surface area contributed by atoms with Crippen molar-refractivity contribution in [2.75, 3.05) is 13.1 Å². The molecule has 1 aromatic rings. The highest BCUT2D eigenvalue weighted by Crippen LogP contribution is 2.10. The second kappa shape index (κ2) is 12.2. The maximum Gasteiger partial charge on any atom is 0.220 e. The molecule has 0 aliphatic rings. The van der Waals surface area contributed by atoms with E-state index in [9.17, 15) is 4.79 Å². The zero-order chi connectivity index (χ0) is 14.8. The van der Waals surface area contributed by atoms with Gasteiger partial charge in [0.2, 0.25) is 5.91 Å². The molecule has 5 heteroatoms. The summed E-state index contributed by atoms with van der Waals surface area (Å²) in [4.78, 5) is 11.7.